The van der Waals surface area contributed by atoms with E-state index in [4.69, 9.17) is 5.73 Å². The summed E-state index contributed by atoms with van der Waals surface area (Å²) in [6.07, 6.45) is 0. The van der Waals surface area contributed by atoms with Crippen LogP contribution in [-0.4, -0.2) is 27.6 Å². The average Bonchev–Trinajstić information content (AvgIpc) is 3.05. The lowest BCUT2D eigenvalue weighted by molar-refractivity contribution is -0.255. The van der Waals surface area contributed by atoms with E-state index in [0.717, 1.165) is 16.0 Å². The molecule has 10 heteroatoms. The number of carboxylic acids is 1. The van der Waals surface area contributed by atoms with Crippen molar-refractivity contribution < 1.29 is 19.5 Å². The van der Waals surface area contributed by atoms with Gasteiger partial charge < -0.3 is 21.0 Å². The molecule has 2 amide bonds. The van der Waals surface area contributed by atoms with Crippen LogP contribution in [0.4, 0.5) is 5.00 Å². The number of benzene rings is 1. The molecular formula is C16H11N4O5S-. The van der Waals surface area contributed by atoms with Crippen LogP contribution in [0.25, 0.3) is 10.8 Å². The number of aromatic carboxylic acids is 1. The zero-order chi connectivity index (χ0) is 18.8. The van der Waals surface area contributed by atoms with Crippen molar-refractivity contribution in [1.82, 2.24) is 9.78 Å². The van der Waals surface area contributed by atoms with Crippen LogP contribution in [0, 0.1) is 0 Å². The number of aromatic nitrogens is 2. The third-order valence-electron chi connectivity index (χ3n) is 3.54. The molecule has 0 spiro atoms. The number of nitrogens with two attached hydrogens (primary N) is 1. The van der Waals surface area contributed by atoms with Crippen molar-refractivity contribution in [3.8, 4) is 0 Å². The van der Waals surface area contributed by atoms with Crippen molar-refractivity contribution >= 4 is 44.9 Å². The van der Waals surface area contributed by atoms with Gasteiger partial charge in [-0.1, -0.05) is 18.2 Å². The van der Waals surface area contributed by atoms with E-state index < -0.39 is 35.6 Å². The highest BCUT2D eigenvalue weighted by Crippen LogP contribution is 2.22. The van der Waals surface area contributed by atoms with Crippen molar-refractivity contribution in [2.24, 2.45) is 5.73 Å². The molecule has 0 saturated carbocycles. The molecule has 26 heavy (non-hydrogen) atoms. The van der Waals surface area contributed by atoms with Crippen LogP contribution >= 0.6 is 11.3 Å². The van der Waals surface area contributed by atoms with Crippen LogP contribution in [0.3, 0.4) is 0 Å². The highest BCUT2D eigenvalue weighted by atomic mass is 32.1. The highest BCUT2D eigenvalue weighted by Gasteiger charge is 2.16. The van der Waals surface area contributed by atoms with E-state index in [2.05, 4.69) is 10.4 Å². The molecule has 3 N–H and O–H groups in total. The van der Waals surface area contributed by atoms with Gasteiger partial charge in [0.2, 0.25) is 5.91 Å². The number of rotatable bonds is 5. The van der Waals surface area contributed by atoms with Crippen molar-refractivity contribution in [3.63, 3.8) is 0 Å². The predicted molar refractivity (Wildman–Crippen MR) is 91.8 cm³/mol. The molecule has 9 nitrogen and oxygen atoms in total. The lowest BCUT2D eigenvalue weighted by atomic mass is 10.1. The lowest BCUT2D eigenvalue weighted by Crippen LogP contribution is -2.34. The maximum atomic E-state index is 12.5. The second-order valence-electron chi connectivity index (χ2n) is 5.22. The normalized spacial score (nSPS) is 10.6. The fourth-order valence-electron chi connectivity index (χ4n) is 2.40. The standard InChI is InChI=1S/C16H12N4O5S/c17-13(22)10-5-6-26-14(10)18-11(21)7-20-15(23)9-4-2-1-3-8(9)12(19-20)16(24)25/h1-6H,7H2,(H2,17,22)(H,18,21)(H,24,25)/p-1. The van der Waals surface area contributed by atoms with Gasteiger partial charge in [-0.25, -0.2) is 4.68 Å². The Bertz CT molecular complexity index is 1100. The maximum absolute atomic E-state index is 12.5. The molecule has 0 aliphatic carbocycles. The van der Waals surface area contributed by atoms with Crippen molar-refractivity contribution in [2.75, 3.05) is 5.32 Å². The van der Waals surface area contributed by atoms with Crippen LogP contribution in [0.2, 0.25) is 0 Å². The summed E-state index contributed by atoms with van der Waals surface area (Å²) in [5.41, 5.74) is 4.27. The summed E-state index contributed by atoms with van der Waals surface area (Å²) in [5, 5.41) is 19.5. The third kappa shape index (κ3) is 3.17. The van der Waals surface area contributed by atoms with E-state index in [1.165, 1.54) is 18.2 Å². The summed E-state index contributed by atoms with van der Waals surface area (Å²) in [5.74, 6) is -2.93. The van der Waals surface area contributed by atoms with Crippen molar-refractivity contribution in [1.29, 1.82) is 0 Å². The van der Waals surface area contributed by atoms with Gasteiger partial charge in [0, 0.05) is 5.39 Å². The summed E-state index contributed by atoms with van der Waals surface area (Å²) in [4.78, 5) is 47.2. The average molecular weight is 371 g/mol. The van der Waals surface area contributed by atoms with Gasteiger partial charge in [-0.05, 0) is 17.5 Å². The molecule has 0 saturated heterocycles. The van der Waals surface area contributed by atoms with Crippen LogP contribution in [0.1, 0.15) is 20.8 Å². The monoisotopic (exact) mass is 371 g/mol. The molecule has 132 valence electrons. The van der Waals surface area contributed by atoms with Crippen molar-refractivity contribution in [2.45, 2.75) is 6.54 Å². The van der Waals surface area contributed by atoms with Crippen LogP contribution in [-0.2, 0) is 11.3 Å². The largest absolute Gasteiger partial charge is 0.543 e. The first-order chi connectivity index (χ1) is 12.4. The summed E-state index contributed by atoms with van der Waals surface area (Å²) in [6.45, 7) is -0.542. The van der Waals surface area contributed by atoms with Gasteiger partial charge in [-0.3, -0.25) is 14.4 Å². The van der Waals surface area contributed by atoms with E-state index in [0.29, 0.717) is 0 Å². The minimum absolute atomic E-state index is 0.100. The molecule has 0 radical (unpaired) electrons. The maximum Gasteiger partial charge on any atom is 0.275 e. The number of nitrogens with zero attached hydrogens (tertiary/aromatic N) is 2. The Morgan fingerprint density at radius 1 is 1.19 bits per heavy atom. The quantitative estimate of drug-likeness (QED) is 0.621. The molecular weight excluding hydrogens is 360 g/mol. The van der Waals surface area contributed by atoms with E-state index in [9.17, 15) is 24.3 Å². The van der Waals surface area contributed by atoms with Gasteiger partial charge in [-0.2, -0.15) is 5.10 Å². The number of carboxylic acid groups (broad SMARTS) is 1. The van der Waals surface area contributed by atoms with Crippen molar-refractivity contribution in [3.05, 3.63) is 57.3 Å². The Balaban J connectivity index is 1.96. The molecule has 3 rings (SSSR count). The minimum Gasteiger partial charge on any atom is -0.543 e. The van der Waals surface area contributed by atoms with E-state index in [1.807, 2.05) is 0 Å². The number of carbonyl (C=O) groups excluding carboxylic acids is 3. The summed E-state index contributed by atoms with van der Waals surface area (Å²) in [7, 11) is 0. The Morgan fingerprint density at radius 3 is 2.54 bits per heavy atom. The van der Waals surface area contributed by atoms with E-state index in [-0.39, 0.29) is 21.3 Å². The van der Waals surface area contributed by atoms with Crippen LogP contribution in [0.15, 0.2) is 40.5 Å². The first-order valence-corrected chi connectivity index (χ1v) is 8.15. The Labute approximate surface area is 149 Å². The number of hydrogen-bond donors (Lipinski definition) is 2. The number of amides is 2. The van der Waals surface area contributed by atoms with E-state index >= 15 is 0 Å². The summed E-state index contributed by atoms with van der Waals surface area (Å²) in [6, 6.07) is 7.46. The number of carbonyl (C=O) groups is 3. The Morgan fingerprint density at radius 2 is 1.88 bits per heavy atom. The minimum atomic E-state index is -1.57. The smallest absolute Gasteiger partial charge is 0.275 e. The van der Waals surface area contributed by atoms with Gasteiger partial charge in [-0.15, -0.1) is 11.3 Å². The van der Waals surface area contributed by atoms with Gasteiger partial charge in [0.15, 0.2) is 0 Å². The molecule has 1 aromatic carbocycles. The molecule has 3 aromatic rings. The molecule has 0 bridgehead atoms. The SMILES string of the molecule is NC(=O)c1ccsc1NC(=O)Cn1nc(C(=O)[O-])c2ccccc2c1=O. The molecule has 0 unspecified atom stereocenters. The first kappa shape index (κ1) is 17.3. The van der Waals surface area contributed by atoms with Crippen LogP contribution < -0.4 is 21.7 Å². The molecule has 0 atom stereocenters. The second kappa shape index (κ2) is 6.76. The number of anilines is 1. The molecule has 2 heterocycles. The fraction of sp³-hybridized carbons (Fsp3) is 0.0625. The van der Waals surface area contributed by atoms with Gasteiger partial charge in [0.05, 0.1) is 16.9 Å². The predicted octanol–water partition coefficient (Wildman–Crippen LogP) is -0.441. The highest BCUT2D eigenvalue weighted by molar-refractivity contribution is 7.14. The summed E-state index contributed by atoms with van der Waals surface area (Å²) < 4.78 is 0.736. The molecule has 0 aliphatic rings. The molecule has 0 aliphatic heterocycles. The Hall–Kier alpha value is -3.53. The van der Waals surface area contributed by atoms with E-state index in [1.54, 1.807) is 17.5 Å². The number of nitrogens with one attached hydrogen (secondary N) is 1. The second-order valence-corrected chi connectivity index (χ2v) is 6.14. The molecule has 2 aromatic heterocycles. The van der Waals surface area contributed by atoms with Gasteiger partial charge >= 0.3 is 0 Å². The Kier molecular flexibility index (Phi) is 4.50. The first-order valence-electron chi connectivity index (χ1n) is 7.27. The van der Waals surface area contributed by atoms with Gasteiger partial charge in [0.1, 0.15) is 17.2 Å². The number of fused-ring (bicyclic) bond motifs is 1. The fourth-order valence-corrected chi connectivity index (χ4v) is 3.20. The number of thiophene rings is 1. The zero-order valence-electron chi connectivity index (χ0n) is 13.1. The molecule has 0 fully saturated rings. The topological polar surface area (TPSA) is 147 Å². The lowest BCUT2D eigenvalue weighted by Gasteiger charge is -2.11. The van der Waals surface area contributed by atoms with Gasteiger partial charge in [0.25, 0.3) is 11.5 Å². The third-order valence-corrected chi connectivity index (χ3v) is 4.37. The number of hydrogen-bond acceptors (Lipinski definition) is 7. The summed E-state index contributed by atoms with van der Waals surface area (Å²) >= 11 is 1.09. The zero-order valence-corrected chi connectivity index (χ0v) is 13.9. The number of primary amides is 1. The van der Waals surface area contributed by atoms with Crippen LogP contribution in [0.5, 0.6) is 0 Å².